The van der Waals surface area contributed by atoms with Crippen molar-refractivity contribution in [1.29, 1.82) is 0 Å². The van der Waals surface area contributed by atoms with Crippen LogP contribution >= 0.6 is 0 Å². The highest BCUT2D eigenvalue weighted by Gasteiger charge is 2.02. The predicted octanol–water partition coefficient (Wildman–Crippen LogP) is 5.29. The van der Waals surface area contributed by atoms with Crippen LogP contribution < -0.4 is 10.1 Å². The summed E-state index contributed by atoms with van der Waals surface area (Å²) in [5.41, 5.74) is 4.10. The van der Waals surface area contributed by atoms with Crippen molar-refractivity contribution in [2.24, 2.45) is 0 Å². The fraction of sp³-hybridized carbons (Fsp3) is 0.286. The van der Waals surface area contributed by atoms with Gasteiger partial charge in [-0.25, -0.2) is 0 Å². The van der Waals surface area contributed by atoms with E-state index in [4.69, 9.17) is 4.74 Å². The summed E-state index contributed by atoms with van der Waals surface area (Å²) in [5.74, 6) is 0.767. The fourth-order valence-corrected chi connectivity index (χ4v) is 2.19. The number of benzene rings is 2. The molecular formula is C21H25NO2. The van der Waals surface area contributed by atoms with Crippen LogP contribution in [0.3, 0.4) is 0 Å². The molecule has 0 aromatic heterocycles. The van der Waals surface area contributed by atoms with E-state index in [0.29, 0.717) is 12.2 Å². The molecule has 0 heterocycles. The van der Waals surface area contributed by atoms with Crippen LogP contribution in [0.4, 0.5) is 5.69 Å². The lowest BCUT2D eigenvalue weighted by molar-refractivity contribution is 0.104. The van der Waals surface area contributed by atoms with Gasteiger partial charge in [-0.15, -0.1) is 0 Å². The van der Waals surface area contributed by atoms with Crippen molar-refractivity contribution in [2.75, 3.05) is 11.9 Å². The molecule has 2 aromatic rings. The molecule has 126 valence electrons. The summed E-state index contributed by atoms with van der Waals surface area (Å²) in [6, 6.07) is 13.4. The third kappa shape index (κ3) is 5.27. The topological polar surface area (TPSA) is 38.3 Å². The molecule has 2 aromatic carbocycles. The first-order valence-electron chi connectivity index (χ1n) is 8.37. The van der Waals surface area contributed by atoms with Gasteiger partial charge in [0.15, 0.2) is 5.78 Å². The lowest BCUT2D eigenvalue weighted by Gasteiger charge is -2.06. The Morgan fingerprint density at radius 3 is 2.50 bits per heavy atom. The van der Waals surface area contributed by atoms with Crippen molar-refractivity contribution >= 4 is 11.5 Å². The molecule has 0 aliphatic carbocycles. The normalized spacial score (nSPS) is 10.8. The molecule has 0 fully saturated rings. The van der Waals surface area contributed by atoms with E-state index in [1.807, 2.05) is 18.2 Å². The summed E-state index contributed by atoms with van der Waals surface area (Å²) in [6.45, 7) is 6.99. The van der Waals surface area contributed by atoms with E-state index in [9.17, 15) is 4.79 Å². The minimum Gasteiger partial charge on any atom is -0.494 e. The predicted molar refractivity (Wildman–Crippen MR) is 99.9 cm³/mol. The second kappa shape index (κ2) is 8.92. The Labute approximate surface area is 144 Å². The monoisotopic (exact) mass is 323 g/mol. The maximum Gasteiger partial charge on any atom is 0.187 e. The summed E-state index contributed by atoms with van der Waals surface area (Å²) >= 11 is 0. The minimum atomic E-state index is -0.0357. The number of unbranched alkanes of at least 4 members (excludes halogenated alkanes) is 1. The molecule has 3 heteroatoms. The van der Waals surface area contributed by atoms with Crippen LogP contribution in [-0.4, -0.2) is 12.4 Å². The summed E-state index contributed by atoms with van der Waals surface area (Å²) < 4.78 is 5.60. The van der Waals surface area contributed by atoms with Gasteiger partial charge in [0.25, 0.3) is 0 Å². The van der Waals surface area contributed by atoms with Gasteiger partial charge in [-0.2, -0.15) is 0 Å². The van der Waals surface area contributed by atoms with Crippen molar-refractivity contribution in [1.82, 2.24) is 0 Å². The molecule has 0 saturated carbocycles. The molecule has 0 aliphatic heterocycles. The van der Waals surface area contributed by atoms with E-state index in [1.54, 1.807) is 24.4 Å². The van der Waals surface area contributed by atoms with Crippen LogP contribution in [0.1, 0.15) is 41.3 Å². The molecule has 1 N–H and O–H groups in total. The standard InChI is InChI=1S/C21H25NO2/c1-4-5-14-24-20-10-7-18(8-11-20)21(23)12-13-22-19-9-6-16(2)17(3)15-19/h6-13,15,22H,4-5,14H2,1-3H3. The largest absolute Gasteiger partial charge is 0.494 e. The quantitative estimate of drug-likeness (QED) is 0.407. The van der Waals surface area contributed by atoms with E-state index in [0.717, 1.165) is 24.3 Å². The Balaban J connectivity index is 1.90. The van der Waals surface area contributed by atoms with E-state index in [2.05, 4.69) is 38.2 Å². The molecule has 0 radical (unpaired) electrons. The third-order valence-corrected chi connectivity index (χ3v) is 3.90. The SMILES string of the molecule is CCCCOc1ccc(C(=O)C=CNc2ccc(C)c(C)c2)cc1. The number of hydrogen-bond donors (Lipinski definition) is 1. The zero-order valence-electron chi connectivity index (χ0n) is 14.6. The number of carbonyl (C=O) groups excluding carboxylic acids is 1. The van der Waals surface area contributed by atoms with Gasteiger partial charge in [-0.1, -0.05) is 19.4 Å². The Morgan fingerprint density at radius 2 is 1.83 bits per heavy atom. The number of rotatable bonds is 8. The van der Waals surface area contributed by atoms with Crippen LogP contribution in [0, 0.1) is 13.8 Å². The summed E-state index contributed by atoms with van der Waals surface area (Å²) in [5, 5.41) is 3.13. The molecule has 0 bridgehead atoms. The number of nitrogens with one attached hydrogen (secondary N) is 1. The van der Waals surface area contributed by atoms with E-state index in [-0.39, 0.29) is 5.78 Å². The van der Waals surface area contributed by atoms with Crippen molar-refractivity contribution in [3.05, 3.63) is 71.4 Å². The highest BCUT2D eigenvalue weighted by atomic mass is 16.5. The fourth-order valence-electron chi connectivity index (χ4n) is 2.19. The maximum absolute atomic E-state index is 12.2. The number of hydrogen-bond acceptors (Lipinski definition) is 3. The lowest BCUT2D eigenvalue weighted by Crippen LogP contribution is -1.99. The number of aryl methyl sites for hydroxylation is 2. The Hall–Kier alpha value is -2.55. The zero-order chi connectivity index (χ0) is 17.4. The Bertz CT molecular complexity index is 702. The molecule has 0 aliphatic rings. The average molecular weight is 323 g/mol. The van der Waals surface area contributed by atoms with Crippen molar-refractivity contribution in [3.8, 4) is 5.75 Å². The van der Waals surface area contributed by atoms with E-state index < -0.39 is 0 Å². The smallest absolute Gasteiger partial charge is 0.187 e. The summed E-state index contributed by atoms with van der Waals surface area (Å²) in [6.07, 6.45) is 5.36. The van der Waals surface area contributed by atoms with Gasteiger partial charge < -0.3 is 10.1 Å². The Morgan fingerprint density at radius 1 is 1.08 bits per heavy atom. The molecule has 0 unspecified atom stereocenters. The summed E-state index contributed by atoms with van der Waals surface area (Å²) in [4.78, 5) is 12.2. The van der Waals surface area contributed by atoms with Gasteiger partial charge in [0.05, 0.1) is 6.61 Å². The highest BCUT2D eigenvalue weighted by molar-refractivity contribution is 6.04. The molecule has 24 heavy (non-hydrogen) atoms. The van der Waals surface area contributed by atoms with E-state index in [1.165, 1.54) is 11.1 Å². The van der Waals surface area contributed by atoms with Crippen molar-refractivity contribution < 1.29 is 9.53 Å². The van der Waals surface area contributed by atoms with Crippen molar-refractivity contribution in [2.45, 2.75) is 33.6 Å². The number of ketones is 1. The molecule has 0 atom stereocenters. The molecular weight excluding hydrogens is 298 g/mol. The number of allylic oxidation sites excluding steroid dienone is 1. The number of carbonyl (C=O) groups is 1. The molecule has 2 rings (SSSR count). The van der Waals surface area contributed by atoms with Gasteiger partial charge in [0.1, 0.15) is 5.75 Å². The van der Waals surface area contributed by atoms with Gasteiger partial charge >= 0.3 is 0 Å². The number of ether oxygens (including phenoxy) is 1. The van der Waals surface area contributed by atoms with Gasteiger partial charge in [-0.3, -0.25) is 4.79 Å². The first kappa shape index (κ1) is 17.8. The minimum absolute atomic E-state index is 0.0357. The highest BCUT2D eigenvalue weighted by Crippen LogP contribution is 2.15. The average Bonchev–Trinajstić information content (AvgIpc) is 2.59. The van der Waals surface area contributed by atoms with Gasteiger partial charge in [0.2, 0.25) is 0 Å². The first-order chi connectivity index (χ1) is 11.6. The molecule has 0 amide bonds. The third-order valence-electron chi connectivity index (χ3n) is 3.90. The molecule has 0 spiro atoms. The Kier molecular flexibility index (Phi) is 6.62. The molecule has 3 nitrogen and oxygen atoms in total. The second-order valence-electron chi connectivity index (χ2n) is 5.87. The van der Waals surface area contributed by atoms with Crippen LogP contribution in [0.15, 0.2) is 54.7 Å². The maximum atomic E-state index is 12.2. The summed E-state index contributed by atoms with van der Waals surface area (Å²) in [7, 11) is 0. The van der Waals surface area contributed by atoms with E-state index >= 15 is 0 Å². The van der Waals surface area contributed by atoms with Gasteiger partial charge in [0, 0.05) is 23.5 Å². The zero-order valence-corrected chi connectivity index (χ0v) is 14.6. The van der Waals surface area contributed by atoms with Crippen LogP contribution in [0.5, 0.6) is 5.75 Å². The lowest BCUT2D eigenvalue weighted by atomic mass is 10.1. The van der Waals surface area contributed by atoms with Crippen LogP contribution in [0.2, 0.25) is 0 Å². The number of anilines is 1. The second-order valence-corrected chi connectivity index (χ2v) is 5.87. The van der Waals surface area contributed by atoms with Crippen LogP contribution in [0.25, 0.3) is 0 Å². The van der Waals surface area contributed by atoms with Gasteiger partial charge in [-0.05, 0) is 67.8 Å². The van der Waals surface area contributed by atoms with Crippen LogP contribution in [-0.2, 0) is 0 Å². The van der Waals surface area contributed by atoms with Crippen molar-refractivity contribution in [3.63, 3.8) is 0 Å². The molecule has 0 saturated heterocycles. The first-order valence-corrected chi connectivity index (χ1v) is 8.37.